The molecule has 0 radical (unpaired) electrons. The van der Waals surface area contributed by atoms with Crippen molar-refractivity contribution >= 4 is 40.9 Å². The van der Waals surface area contributed by atoms with Crippen molar-refractivity contribution in [2.24, 2.45) is 0 Å². The SMILES string of the molecule is O=C(CC(=O)c1ccc(Nc2nc(N3CCCCC3)nc(N3CCCCC3)n2)cc1)Nc1ccccc1F. The maximum Gasteiger partial charge on any atom is 0.233 e. The van der Waals surface area contributed by atoms with Crippen molar-refractivity contribution in [3.63, 3.8) is 0 Å². The molecule has 10 heteroatoms. The Balaban J connectivity index is 1.27. The number of amides is 1. The fraction of sp³-hybridized carbons (Fsp3) is 0.393. The van der Waals surface area contributed by atoms with Crippen LogP contribution in [0.5, 0.6) is 0 Å². The Kier molecular flexibility index (Phi) is 8.06. The van der Waals surface area contributed by atoms with Crippen molar-refractivity contribution in [2.75, 3.05) is 46.6 Å². The van der Waals surface area contributed by atoms with Gasteiger partial charge in [-0.3, -0.25) is 9.59 Å². The second-order valence-electron chi connectivity index (χ2n) is 9.68. The number of nitrogens with zero attached hydrogens (tertiary/aromatic N) is 5. The second kappa shape index (κ2) is 12.0. The molecule has 3 aromatic rings. The lowest BCUT2D eigenvalue weighted by molar-refractivity contribution is -0.115. The minimum atomic E-state index is -0.567. The van der Waals surface area contributed by atoms with Crippen LogP contribution in [0, 0.1) is 5.82 Å². The van der Waals surface area contributed by atoms with Crippen LogP contribution in [0.1, 0.15) is 55.3 Å². The lowest BCUT2D eigenvalue weighted by Gasteiger charge is -2.30. The Morgan fingerprint density at radius 3 is 1.92 bits per heavy atom. The second-order valence-corrected chi connectivity index (χ2v) is 9.68. The van der Waals surface area contributed by atoms with Gasteiger partial charge in [0.25, 0.3) is 0 Å². The van der Waals surface area contributed by atoms with Crippen LogP contribution < -0.4 is 20.4 Å². The van der Waals surface area contributed by atoms with Crippen LogP contribution in [0.25, 0.3) is 0 Å². The van der Waals surface area contributed by atoms with Gasteiger partial charge < -0.3 is 20.4 Å². The third-order valence-electron chi connectivity index (χ3n) is 6.82. The van der Waals surface area contributed by atoms with E-state index in [0.29, 0.717) is 23.4 Å². The molecule has 2 N–H and O–H groups in total. The summed E-state index contributed by atoms with van der Waals surface area (Å²) < 4.78 is 13.8. The van der Waals surface area contributed by atoms with Crippen molar-refractivity contribution in [1.82, 2.24) is 15.0 Å². The van der Waals surface area contributed by atoms with E-state index < -0.39 is 11.7 Å². The van der Waals surface area contributed by atoms with Gasteiger partial charge >= 0.3 is 0 Å². The molecule has 2 aliphatic rings. The summed E-state index contributed by atoms with van der Waals surface area (Å²) in [5.41, 5.74) is 1.16. The van der Waals surface area contributed by atoms with Crippen molar-refractivity contribution in [2.45, 2.75) is 44.9 Å². The number of carbonyl (C=O) groups excluding carboxylic acids is 2. The number of halogens is 1. The zero-order chi connectivity index (χ0) is 26.3. The fourth-order valence-electron chi connectivity index (χ4n) is 4.75. The van der Waals surface area contributed by atoms with E-state index in [0.717, 1.165) is 57.5 Å². The van der Waals surface area contributed by atoms with Gasteiger partial charge in [0.05, 0.1) is 12.1 Å². The number of rotatable bonds is 8. The van der Waals surface area contributed by atoms with Gasteiger partial charge in [-0.25, -0.2) is 4.39 Å². The van der Waals surface area contributed by atoms with Gasteiger partial charge in [0.1, 0.15) is 5.82 Å². The van der Waals surface area contributed by atoms with Crippen molar-refractivity contribution < 1.29 is 14.0 Å². The number of piperidine rings is 2. The number of aromatic nitrogens is 3. The predicted molar refractivity (Wildman–Crippen MR) is 146 cm³/mol. The number of ketones is 1. The average molecular weight is 518 g/mol. The molecule has 9 nitrogen and oxygen atoms in total. The molecule has 198 valence electrons. The summed E-state index contributed by atoms with van der Waals surface area (Å²) in [5.74, 6) is 0.373. The van der Waals surface area contributed by atoms with E-state index in [1.807, 2.05) is 0 Å². The van der Waals surface area contributed by atoms with Crippen LogP contribution in [0.15, 0.2) is 48.5 Å². The Labute approximate surface area is 221 Å². The fourth-order valence-corrected chi connectivity index (χ4v) is 4.75. The first-order valence-electron chi connectivity index (χ1n) is 13.3. The molecular weight excluding hydrogens is 485 g/mol. The number of para-hydroxylation sites is 1. The highest BCUT2D eigenvalue weighted by molar-refractivity contribution is 6.11. The van der Waals surface area contributed by atoms with E-state index in [4.69, 9.17) is 15.0 Å². The molecule has 2 fully saturated rings. The lowest BCUT2D eigenvalue weighted by atomic mass is 10.1. The number of hydrogen-bond acceptors (Lipinski definition) is 8. The smallest absolute Gasteiger partial charge is 0.233 e. The molecule has 0 saturated carbocycles. The molecular formula is C28H32FN7O2. The Morgan fingerprint density at radius 2 is 1.34 bits per heavy atom. The summed E-state index contributed by atoms with van der Waals surface area (Å²) in [6.07, 6.45) is 6.57. The highest BCUT2D eigenvalue weighted by Gasteiger charge is 2.21. The summed E-state index contributed by atoms with van der Waals surface area (Å²) in [4.78, 5) is 43.5. The summed E-state index contributed by atoms with van der Waals surface area (Å²) in [5, 5.41) is 5.70. The van der Waals surface area contributed by atoms with Gasteiger partial charge in [-0.15, -0.1) is 0 Å². The van der Waals surface area contributed by atoms with Crippen LogP contribution >= 0.6 is 0 Å². The van der Waals surface area contributed by atoms with E-state index in [1.54, 1.807) is 30.3 Å². The van der Waals surface area contributed by atoms with Gasteiger partial charge in [0.15, 0.2) is 5.78 Å². The quantitative estimate of drug-likeness (QED) is 0.320. The molecule has 38 heavy (non-hydrogen) atoms. The molecule has 1 aromatic heterocycles. The monoisotopic (exact) mass is 517 g/mol. The highest BCUT2D eigenvalue weighted by atomic mass is 19.1. The van der Waals surface area contributed by atoms with Crippen molar-refractivity contribution in [3.05, 3.63) is 59.9 Å². The Hall–Kier alpha value is -4.08. The van der Waals surface area contributed by atoms with Crippen molar-refractivity contribution in [3.8, 4) is 0 Å². The topological polar surface area (TPSA) is 103 Å². The molecule has 0 unspecified atom stereocenters. The van der Waals surface area contributed by atoms with E-state index in [9.17, 15) is 14.0 Å². The van der Waals surface area contributed by atoms with Crippen LogP contribution in [0.2, 0.25) is 0 Å². The first-order valence-corrected chi connectivity index (χ1v) is 13.3. The predicted octanol–water partition coefficient (Wildman–Crippen LogP) is 4.95. The van der Waals surface area contributed by atoms with Gasteiger partial charge in [0, 0.05) is 37.4 Å². The number of benzene rings is 2. The number of carbonyl (C=O) groups is 2. The minimum absolute atomic E-state index is 0.0510. The zero-order valence-electron chi connectivity index (χ0n) is 21.3. The normalized spacial score (nSPS) is 15.7. The van der Waals surface area contributed by atoms with Gasteiger partial charge in [-0.1, -0.05) is 12.1 Å². The molecule has 2 aromatic carbocycles. The molecule has 2 saturated heterocycles. The first kappa shape index (κ1) is 25.6. The summed E-state index contributed by atoms with van der Waals surface area (Å²) in [6.45, 7) is 3.74. The van der Waals surface area contributed by atoms with Gasteiger partial charge in [0.2, 0.25) is 23.8 Å². The average Bonchev–Trinajstić information content (AvgIpc) is 2.95. The molecule has 5 rings (SSSR count). The summed E-state index contributed by atoms with van der Waals surface area (Å²) >= 11 is 0. The molecule has 0 atom stereocenters. The van der Waals surface area contributed by atoms with Gasteiger partial charge in [-0.2, -0.15) is 15.0 Å². The van der Waals surface area contributed by atoms with E-state index in [2.05, 4.69) is 20.4 Å². The summed E-state index contributed by atoms with van der Waals surface area (Å²) in [6, 6.07) is 12.7. The summed E-state index contributed by atoms with van der Waals surface area (Å²) in [7, 11) is 0. The molecule has 0 spiro atoms. The number of nitrogens with one attached hydrogen (secondary N) is 2. The number of anilines is 5. The number of Topliss-reactive ketones (excluding diaryl/α,β-unsaturated/α-hetero) is 1. The first-order chi connectivity index (χ1) is 18.5. The third kappa shape index (κ3) is 6.42. The lowest BCUT2D eigenvalue weighted by Crippen LogP contribution is -2.34. The number of hydrogen-bond donors (Lipinski definition) is 2. The van der Waals surface area contributed by atoms with Crippen LogP contribution in [0.4, 0.5) is 33.6 Å². The molecule has 1 amide bonds. The Morgan fingerprint density at radius 1 is 0.763 bits per heavy atom. The van der Waals surface area contributed by atoms with Crippen LogP contribution in [0.3, 0.4) is 0 Å². The molecule has 3 heterocycles. The Bertz CT molecular complexity index is 1240. The third-order valence-corrected chi connectivity index (χ3v) is 6.82. The molecule has 0 bridgehead atoms. The highest BCUT2D eigenvalue weighted by Crippen LogP contribution is 2.24. The van der Waals surface area contributed by atoms with Crippen LogP contribution in [-0.2, 0) is 4.79 Å². The van der Waals surface area contributed by atoms with Crippen molar-refractivity contribution in [1.29, 1.82) is 0 Å². The van der Waals surface area contributed by atoms with E-state index >= 15 is 0 Å². The standard InChI is InChI=1S/C28H32FN7O2/c29-22-9-3-4-10-23(22)31-25(38)19-24(37)20-11-13-21(14-12-20)30-26-32-27(35-15-5-1-6-16-35)34-28(33-26)36-17-7-2-8-18-36/h3-4,9-14H,1-2,5-8,15-19H2,(H,31,38)(H,30,32,33,34). The zero-order valence-corrected chi connectivity index (χ0v) is 21.3. The van der Waals surface area contributed by atoms with E-state index in [1.165, 1.54) is 31.0 Å². The molecule has 2 aliphatic heterocycles. The van der Waals surface area contributed by atoms with Crippen LogP contribution in [-0.4, -0.2) is 52.8 Å². The maximum absolute atomic E-state index is 13.8. The van der Waals surface area contributed by atoms with E-state index in [-0.39, 0.29) is 17.9 Å². The molecule has 0 aliphatic carbocycles. The maximum atomic E-state index is 13.8. The largest absolute Gasteiger partial charge is 0.341 e. The minimum Gasteiger partial charge on any atom is -0.341 e. The van der Waals surface area contributed by atoms with Gasteiger partial charge in [-0.05, 0) is 74.9 Å².